The number of methoxy groups -OCH3 is 3. The maximum Gasteiger partial charge on any atom is 0.410 e. The van der Waals surface area contributed by atoms with Crippen LogP contribution in [-0.4, -0.2) is 84.0 Å². The molecule has 2 N–H and O–H groups in total. The van der Waals surface area contributed by atoms with Crippen molar-refractivity contribution in [2.24, 2.45) is 0 Å². The maximum atomic E-state index is 13.1. The first-order chi connectivity index (χ1) is 27.3. The summed E-state index contributed by atoms with van der Waals surface area (Å²) in [5, 5.41) is 8.42. The normalized spacial score (nSPS) is 15.3. The lowest BCUT2D eigenvalue weighted by Crippen LogP contribution is -2.42. The highest BCUT2D eigenvalue weighted by Crippen LogP contribution is 2.43. The van der Waals surface area contributed by atoms with Gasteiger partial charge in [0.25, 0.3) is 0 Å². The third-order valence-corrected chi connectivity index (χ3v) is 10.4. The molecule has 0 radical (unpaired) electrons. The molecule has 300 valence electrons. The molecular weight excluding hydrogens is 725 g/mol. The second-order valence-electron chi connectivity index (χ2n) is 15.6. The highest BCUT2D eigenvalue weighted by molar-refractivity contribution is 6.05. The van der Waals surface area contributed by atoms with Crippen LogP contribution in [0.1, 0.15) is 68.2 Å². The molecule has 4 heterocycles. The van der Waals surface area contributed by atoms with E-state index in [1.54, 1.807) is 39.5 Å². The largest absolute Gasteiger partial charge is 0.497 e. The Balaban J connectivity index is 1.34. The standard InChI is InChI=1S/C43H52N8O6/c1-25-10-15-34(54-8)26(2)38(25)56-40-37-32(19-36(49-40)51-17-16-30(24-51)50(6)42(52)57-43(3,4)5)33(48-41-46-21-29(22-47-41)27-11-12-27)23-45-39(37)44-20-28-13-14-31(53-7)18-35(28)55-9/h10,13-15,18-19,21-23,27,30H,11-12,16-17,20,24H2,1-9H3,(H,44,45)(H,46,47,48)/t30-/m1/s1. The third-order valence-electron chi connectivity index (χ3n) is 10.4. The average Bonchev–Trinajstić information content (AvgIpc) is 3.93. The van der Waals surface area contributed by atoms with Gasteiger partial charge in [-0.2, -0.15) is 4.98 Å². The van der Waals surface area contributed by atoms with Crippen LogP contribution in [-0.2, 0) is 11.3 Å². The molecule has 0 spiro atoms. The lowest BCUT2D eigenvalue weighted by atomic mass is 10.1. The van der Waals surface area contributed by atoms with Crippen molar-refractivity contribution >= 4 is 40.1 Å². The molecule has 1 atom stereocenters. The second kappa shape index (κ2) is 16.2. The summed E-state index contributed by atoms with van der Waals surface area (Å²) >= 11 is 0. The number of benzene rings is 2. The van der Waals surface area contributed by atoms with Crippen molar-refractivity contribution in [3.63, 3.8) is 0 Å². The molecule has 5 aromatic rings. The van der Waals surface area contributed by atoms with E-state index in [0.29, 0.717) is 83.1 Å². The van der Waals surface area contributed by atoms with Crippen LogP contribution in [0.5, 0.6) is 28.9 Å². The van der Waals surface area contributed by atoms with Crippen molar-refractivity contribution in [3.05, 3.63) is 77.2 Å². The van der Waals surface area contributed by atoms with Crippen LogP contribution in [0, 0.1) is 13.8 Å². The molecule has 1 aliphatic heterocycles. The number of hydrogen-bond acceptors (Lipinski definition) is 13. The van der Waals surface area contributed by atoms with Crippen LogP contribution in [0.15, 0.2) is 55.0 Å². The Hall–Kier alpha value is -6.05. The summed E-state index contributed by atoms with van der Waals surface area (Å²) < 4.78 is 29.4. The first kappa shape index (κ1) is 39.2. The smallest absolute Gasteiger partial charge is 0.410 e. The van der Waals surface area contributed by atoms with E-state index in [1.807, 2.05) is 83.4 Å². The molecule has 2 aromatic carbocycles. The predicted octanol–water partition coefficient (Wildman–Crippen LogP) is 8.53. The number of fused-ring (bicyclic) bond motifs is 1. The number of hydrogen-bond donors (Lipinski definition) is 2. The van der Waals surface area contributed by atoms with E-state index in [0.717, 1.165) is 46.9 Å². The van der Waals surface area contributed by atoms with Gasteiger partial charge in [0.05, 0.1) is 44.6 Å². The second-order valence-corrected chi connectivity index (χ2v) is 15.6. The van der Waals surface area contributed by atoms with Crippen molar-refractivity contribution in [2.75, 3.05) is 57.0 Å². The zero-order valence-corrected chi connectivity index (χ0v) is 34.2. The maximum absolute atomic E-state index is 13.1. The molecule has 7 rings (SSSR count). The zero-order chi connectivity index (χ0) is 40.4. The summed E-state index contributed by atoms with van der Waals surface area (Å²) in [6.45, 7) is 11.2. The number of likely N-dealkylation sites (N-methyl/N-ethyl adjacent to an activating group) is 1. The fourth-order valence-corrected chi connectivity index (χ4v) is 7.04. The van der Waals surface area contributed by atoms with E-state index in [4.69, 9.17) is 33.7 Å². The van der Waals surface area contributed by atoms with Crippen LogP contribution >= 0.6 is 0 Å². The van der Waals surface area contributed by atoms with Gasteiger partial charge >= 0.3 is 6.09 Å². The Morgan fingerprint density at radius 3 is 2.37 bits per heavy atom. The minimum atomic E-state index is -0.601. The summed E-state index contributed by atoms with van der Waals surface area (Å²) in [5.74, 6) is 5.25. The summed E-state index contributed by atoms with van der Waals surface area (Å²) in [7, 11) is 6.69. The number of carbonyl (C=O) groups excluding carboxylic acids is 1. The van der Waals surface area contributed by atoms with E-state index in [2.05, 4.69) is 25.5 Å². The Morgan fingerprint density at radius 1 is 0.930 bits per heavy atom. The van der Waals surface area contributed by atoms with Crippen molar-refractivity contribution in [1.29, 1.82) is 0 Å². The molecule has 57 heavy (non-hydrogen) atoms. The van der Waals surface area contributed by atoms with E-state index >= 15 is 0 Å². The molecule has 0 unspecified atom stereocenters. The lowest BCUT2D eigenvalue weighted by molar-refractivity contribution is 0.0237. The molecule has 1 saturated carbocycles. The monoisotopic (exact) mass is 776 g/mol. The minimum Gasteiger partial charge on any atom is -0.497 e. The molecule has 2 aliphatic rings. The number of ether oxygens (including phenoxy) is 5. The molecule has 0 bridgehead atoms. The Morgan fingerprint density at radius 2 is 1.68 bits per heavy atom. The number of carbonyl (C=O) groups is 1. The van der Waals surface area contributed by atoms with Crippen molar-refractivity contribution in [2.45, 2.75) is 78.0 Å². The summed E-state index contributed by atoms with van der Waals surface area (Å²) in [6, 6.07) is 11.5. The van der Waals surface area contributed by atoms with Gasteiger partial charge in [0.15, 0.2) is 0 Å². The minimum absolute atomic E-state index is 0.0882. The number of pyridine rings is 2. The van der Waals surface area contributed by atoms with Crippen LogP contribution in [0.3, 0.4) is 0 Å². The Kier molecular flexibility index (Phi) is 11.1. The summed E-state index contributed by atoms with van der Waals surface area (Å²) in [6.07, 6.45) is 8.26. The number of amides is 1. The highest BCUT2D eigenvalue weighted by Gasteiger charge is 2.33. The summed E-state index contributed by atoms with van der Waals surface area (Å²) in [5.41, 5.74) is 3.87. The van der Waals surface area contributed by atoms with Gasteiger partial charge in [-0.05, 0) is 95.2 Å². The van der Waals surface area contributed by atoms with Crippen LogP contribution in [0.2, 0.25) is 0 Å². The van der Waals surface area contributed by atoms with E-state index in [9.17, 15) is 4.79 Å². The number of rotatable bonds is 13. The molecule has 3 aromatic heterocycles. The SMILES string of the molecule is COc1ccc(CNc2ncc(Nc3ncc(C4CC4)cn3)c3cc(N4CC[C@@H](N(C)C(=O)OC(C)(C)C)C4)nc(Oc4c(C)ccc(OC)c4C)c23)c(OC)c1. The molecule has 1 aliphatic carbocycles. The number of nitrogens with zero attached hydrogens (tertiary/aromatic N) is 6. The Labute approximate surface area is 333 Å². The number of nitrogens with one attached hydrogen (secondary N) is 2. The third kappa shape index (κ3) is 8.69. The molecule has 14 heteroatoms. The van der Waals surface area contributed by atoms with Crippen LogP contribution in [0.25, 0.3) is 10.8 Å². The van der Waals surface area contributed by atoms with Gasteiger partial charge in [-0.1, -0.05) is 6.07 Å². The van der Waals surface area contributed by atoms with Gasteiger partial charge in [0.1, 0.15) is 40.2 Å². The first-order valence-electron chi connectivity index (χ1n) is 19.3. The van der Waals surface area contributed by atoms with Gasteiger partial charge in [-0.25, -0.2) is 19.7 Å². The van der Waals surface area contributed by atoms with Gasteiger partial charge in [0.2, 0.25) is 11.8 Å². The summed E-state index contributed by atoms with van der Waals surface area (Å²) in [4.78, 5) is 36.4. The zero-order valence-electron chi connectivity index (χ0n) is 34.2. The Bertz CT molecular complexity index is 2260. The topological polar surface area (TPSA) is 145 Å². The van der Waals surface area contributed by atoms with Crippen LogP contribution in [0.4, 0.5) is 28.1 Å². The predicted molar refractivity (Wildman–Crippen MR) is 221 cm³/mol. The van der Waals surface area contributed by atoms with Crippen molar-refractivity contribution in [1.82, 2.24) is 24.8 Å². The van der Waals surface area contributed by atoms with Crippen molar-refractivity contribution in [3.8, 4) is 28.9 Å². The fraction of sp³-hybridized carbons (Fsp3) is 0.419. The number of anilines is 4. The van der Waals surface area contributed by atoms with Gasteiger partial charge in [0, 0.05) is 61.7 Å². The van der Waals surface area contributed by atoms with E-state index < -0.39 is 5.60 Å². The average molecular weight is 777 g/mol. The van der Waals surface area contributed by atoms with Gasteiger partial charge in [-0.3, -0.25) is 0 Å². The van der Waals surface area contributed by atoms with Crippen LogP contribution < -0.4 is 34.5 Å². The quantitative estimate of drug-likeness (QED) is 0.118. The van der Waals surface area contributed by atoms with Gasteiger partial charge < -0.3 is 44.1 Å². The lowest BCUT2D eigenvalue weighted by Gasteiger charge is -2.29. The molecule has 14 nitrogen and oxygen atoms in total. The first-order valence-corrected chi connectivity index (χ1v) is 19.3. The molecule has 2 fully saturated rings. The fourth-order valence-electron chi connectivity index (χ4n) is 7.04. The number of aromatic nitrogens is 4. The van der Waals surface area contributed by atoms with Crippen molar-refractivity contribution < 1.29 is 28.5 Å². The van der Waals surface area contributed by atoms with Gasteiger partial charge in [-0.15, -0.1) is 0 Å². The van der Waals surface area contributed by atoms with E-state index in [1.165, 1.54) is 0 Å². The number of aryl methyl sites for hydroxylation is 1. The highest BCUT2D eigenvalue weighted by atomic mass is 16.6. The molecular formula is C43H52N8O6. The van der Waals surface area contributed by atoms with E-state index in [-0.39, 0.29) is 12.1 Å². The molecule has 1 amide bonds. The molecule has 1 saturated heterocycles.